The molecule has 0 atom stereocenters. The molecule has 2 heterocycles. The van der Waals surface area contributed by atoms with Gasteiger partial charge in [-0.1, -0.05) is 6.92 Å². The molecule has 1 aliphatic heterocycles. The molecule has 110 valence electrons. The van der Waals surface area contributed by atoms with Gasteiger partial charge in [0.1, 0.15) is 5.82 Å². The van der Waals surface area contributed by atoms with Crippen LogP contribution in [0, 0.1) is 17.0 Å². The molecule has 0 bridgehead atoms. The molecule has 20 heavy (non-hydrogen) atoms. The molecule has 0 saturated carbocycles. The molecule has 1 aliphatic rings. The second-order valence-corrected chi connectivity index (χ2v) is 5.37. The predicted octanol–water partition coefficient (Wildman–Crippen LogP) is 2.58. The Morgan fingerprint density at radius 2 is 2.20 bits per heavy atom. The number of pyridine rings is 1. The van der Waals surface area contributed by atoms with Gasteiger partial charge in [0.25, 0.3) is 5.69 Å². The standard InChI is InChI=1S/C14H22N4O2/c1-3-6-17-7-4-12(5-8-17)16-14-9-13(18(19)20)11(2)10-15-14/h9-10,12H,3-8H2,1-2H3,(H,15,16). The normalized spacial score (nSPS) is 17.1. The van der Waals surface area contributed by atoms with Gasteiger partial charge in [-0.3, -0.25) is 10.1 Å². The number of aromatic nitrogens is 1. The Morgan fingerprint density at radius 3 is 2.80 bits per heavy atom. The van der Waals surface area contributed by atoms with Crippen LogP contribution in [0.5, 0.6) is 0 Å². The van der Waals surface area contributed by atoms with Crippen LogP contribution in [-0.2, 0) is 0 Å². The van der Waals surface area contributed by atoms with E-state index in [4.69, 9.17) is 0 Å². The second kappa shape index (κ2) is 6.65. The van der Waals surface area contributed by atoms with Crippen LogP contribution in [0.3, 0.4) is 0 Å². The fraction of sp³-hybridized carbons (Fsp3) is 0.643. The van der Waals surface area contributed by atoms with E-state index in [0.717, 1.165) is 32.5 Å². The van der Waals surface area contributed by atoms with Crippen LogP contribution >= 0.6 is 0 Å². The van der Waals surface area contributed by atoms with Crippen LogP contribution in [0.25, 0.3) is 0 Å². The van der Waals surface area contributed by atoms with Gasteiger partial charge in [0.15, 0.2) is 0 Å². The smallest absolute Gasteiger partial charge is 0.277 e. The van der Waals surface area contributed by atoms with E-state index < -0.39 is 0 Å². The minimum atomic E-state index is -0.355. The van der Waals surface area contributed by atoms with Crippen molar-refractivity contribution in [2.45, 2.75) is 39.2 Å². The zero-order chi connectivity index (χ0) is 14.5. The zero-order valence-corrected chi connectivity index (χ0v) is 12.1. The molecular weight excluding hydrogens is 256 g/mol. The topological polar surface area (TPSA) is 71.3 Å². The van der Waals surface area contributed by atoms with Gasteiger partial charge in [0.05, 0.1) is 11.0 Å². The van der Waals surface area contributed by atoms with Gasteiger partial charge < -0.3 is 10.2 Å². The summed E-state index contributed by atoms with van der Waals surface area (Å²) in [4.78, 5) is 17.3. The minimum Gasteiger partial charge on any atom is -0.367 e. The van der Waals surface area contributed by atoms with Gasteiger partial charge >= 0.3 is 0 Å². The number of nitrogens with one attached hydrogen (secondary N) is 1. The highest BCUT2D eigenvalue weighted by molar-refractivity contribution is 5.49. The number of likely N-dealkylation sites (tertiary alicyclic amines) is 1. The lowest BCUT2D eigenvalue weighted by molar-refractivity contribution is -0.385. The van der Waals surface area contributed by atoms with Gasteiger partial charge in [-0.05, 0) is 32.7 Å². The van der Waals surface area contributed by atoms with Crippen molar-refractivity contribution in [1.82, 2.24) is 9.88 Å². The Morgan fingerprint density at radius 1 is 1.50 bits per heavy atom. The molecule has 1 saturated heterocycles. The lowest BCUT2D eigenvalue weighted by Crippen LogP contribution is -2.39. The maximum absolute atomic E-state index is 10.9. The fourth-order valence-corrected chi connectivity index (χ4v) is 2.62. The molecular formula is C14H22N4O2. The van der Waals surface area contributed by atoms with Crippen molar-refractivity contribution in [3.05, 3.63) is 27.9 Å². The molecule has 0 unspecified atom stereocenters. The summed E-state index contributed by atoms with van der Waals surface area (Å²) in [6.07, 6.45) is 4.86. The van der Waals surface area contributed by atoms with Crippen molar-refractivity contribution >= 4 is 11.5 Å². The minimum absolute atomic E-state index is 0.130. The first-order chi connectivity index (χ1) is 9.60. The summed E-state index contributed by atoms with van der Waals surface area (Å²) >= 11 is 0. The van der Waals surface area contributed by atoms with Crippen LogP contribution in [0.1, 0.15) is 31.7 Å². The van der Waals surface area contributed by atoms with Crippen LogP contribution in [0.15, 0.2) is 12.3 Å². The average Bonchev–Trinajstić information content (AvgIpc) is 2.43. The van der Waals surface area contributed by atoms with Gasteiger partial charge in [-0.2, -0.15) is 0 Å². The van der Waals surface area contributed by atoms with Crippen LogP contribution in [0.2, 0.25) is 0 Å². The van der Waals surface area contributed by atoms with E-state index in [2.05, 4.69) is 22.1 Å². The Kier molecular flexibility index (Phi) is 4.89. The Balaban J connectivity index is 1.94. The molecule has 0 aliphatic carbocycles. The largest absolute Gasteiger partial charge is 0.367 e. The number of hydrogen-bond acceptors (Lipinski definition) is 5. The van der Waals surface area contributed by atoms with Crippen molar-refractivity contribution in [2.75, 3.05) is 25.0 Å². The van der Waals surface area contributed by atoms with E-state index in [0.29, 0.717) is 17.4 Å². The molecule has 1 aromatic rings. The van der Waals surface area contributed by atoms with E-state index in [1.807, 2.05) is 0 Å². The molecule has 6 nitrogen and oxygen atoms in total. The number of nitro groups is 1. The Bertz CT molecular complexity index is 470. The lowest BCUT2D eigenvalue weighted by Gasteiger charge is -2.32. The first-order valence-corrected chi connectivity index (χ1v) is 7.20. The molecule has 2 rings (SSSR count). The third-order valence-corrected chi connectivity index (χ3v) is 3.75. The molecule has 0 radical (unpaired) electrons. The molecule has 6 heteroatoms. The highest BCUT2D eigenvalue weighted by Crippen LogP contribution is 2.22. The Labute approximate surface area is 119 Å². The summed E-state index contributed by atoms with van der Waals surface area (Å²) in [5.41, 5.74) is 0.726. The highest BCUT2D eigenvalue weighted by Gasteiger charge is 2.20. The van der Waals surface area contributed by atoms with Gasteiger partial charge in [0.2, 0.25) is 0 Å². The monoisotopic (exact) mass is 278 g/mol. The van der Waals surface area contributed by atoms with E-state index >= 15 is 0 Å². The number of anilines is 1. The molecule has 1 aromatic heterocycles. The summed E-state index contributed by atoms with van der Waals surface area (Å²) in [6.45, 7) is 7.22. The van der Waals surface area contributed by atoms with E-state index in [-0.39, 0.29) is 10.6 Å². The highest BCUT2D eigenvalue weighted by atomic mass is 16.6. The quantitative estimate of drug-likeness (QED) is 0.662. The lowest BCUT2D eigenvalue weighted by atomic mass is 10.0. The number of nitrogens with zero attached hydrogens (tertiary/aromatic N) is 3. The fourth-order valence-electron chi connectivity index (χ4n) is 2.62. The SMILES string of the molecule is CCCN1CCC(Nc2cc([N+](=O)[O-])c(C)cn2)CC1. The molecule has 0 amide bonds. The first kappa shape index (κ1) is 14.7. The third-order valence-electron chi connectivity index (χ3n) is 3.75. The summed E-state index contributed by atoms with van der Waals surface area (Å²) in [5.74, 6) is 0.608. The van der Waals surface area contributed by atoms with Crippen molar-refractivity contribution in [1.29, 1.82) is 0 Å². The molecule has 0 spiro atoms. The van der Waals surface area contributed by atoms with E-state index in [1.54, 1.807) is 13.1 Å². The van der Waals surface area contributed by atoms with Gasteiger partial charge in [-0.25, -0.2) is 4.98 Å². The van der Waals surface area contributed by atoms with Crippen molar-refractivity contribution in [2.24, 2.45) is 0 Å². The predicted molar refractivity (Wildman–Crippen MR) is 79.0 cm³/mol. The average molecular weight is 278 g/mol. The third kappa shape index (κ3) is 3.66. The summed E-state index contributed by atoms with van der Waals surface area (Å²) in [5, 5.41) is 14.2. The Hall–Kier alpha value is -1.69. The summed E-state index contributed by atoms with van der Waals surface area (Å²) in [7, 11) is 0. The van der Waals surface area contributed by atoms with Crippen LogP contribution in [0.4, 0.5) is 11.5 Å². The number of aryl methyl sites for hydroxylation is 1. The maximum Gasteiger partial charge on any atom is 0.277 e. The summed E-state index contributed by atoms with van der Waals surface area (Å²) < 4.78 is 0. The van der Waals surface area contributed by atoms with Crippen molar-refractivity contribution in [3.63, 3.8) is 0 Å². The molecule has 1 N–H and O–H groups in total. The number of piperidine rings is 1. The van der Waals surface area contributed by atoms with Gasteiger partial charge in [-0.15, -0.1) is 0 Å². The van der Waals surface area contributed by atoms with Crippen LogP contribution < -0.4 is 5.32 Å². The first-order valence-electron chi connectivity index (χ1n) is 7.20. The zero-order valence-electron chi connectivity index (χ0n) is 12.1. The van der Waals surface area contributed by atoms with Gasteiger partial charge in [0, 0.05) is 30.9 Å². The second-order valence-electron chi connectivity index (χ2n) is 5.37. The van der Waals surface area contributed by atoms with E-state index in [9.17, 15) is 10.1 Å². The van der Waals surface area contributed by atoms with E-state index in [1.165, 1.54) is 12.5 Å². The molecule has 0 aromatic carbocycles. The number of hydrogen-bond donors (Lipinski definition) is 1. The van der Waals surface area contributed by atoms with Crippen molar-refractivity contribution < 1.29 is 4.92 Å². The van der Waals surface area contributed by atoms with Crippen LogP contribution in [-0.4, -0.2) is 40.5 Å². The van der Waals surface area contributed by atoms with Crippen molar-refractivity contribution in [3.8, 4) is 0 Å². The number of rotatable bonds is 5. The summed E-state index contributed by atoms with van der Waals surface area (Å²) in [6, 6.07) is 1.89. The molecule has 1 fully saturated rings. The maximum atomic E-state index is 10.9.